The number of ether oxygens (including phenoxy) is 1. The molecule has 1 heterocycles. The molecule has 0 saturated carbocycles. The first-order valence-corrected chi connectivity index (χ1v) is 7.68. The molecule has 0 aliphatic carbocycles. The Morgan fingerprint density at radius 2 is 2.17 bits per heavy atom. The molecule has 7 heteroatoms. The lowest BCUT2D eigenvalue weighted by Gasteiger charge is -2.08. The highest BCUT2D eigenvalue weighted by Gasteiger charge is 2.06. The van der Waals surface area contributed by atoms with Crippen LogP contribution in [0.3, 0.4) is 0 Å². The van der Waals surface area contributed by atoms with Gasteiger partial charge in [0.15, 0.2) is 0 Å². The van der Waals surface area contributed by atoms with Crippen molar-refractivity contribution < 1.29 is 14.3 Å². The van der Waals surface area contributed by atoms with Crippen molar-refractivity contribution in [1.82, 2.24) is 10.3 Å². The molecule has 0 aromatic carbocycles. The van der Waals surface area contributed by atoms with Crippen molar-refractivity contribution in [3.05, 3.63) is 23.9 Å². The normalized spacial score (nSPS) is 9.74. The van der Waals surface area contributed by atoms with Crippen LogP contribution in [0.15, 0.2) is 18.3 Å². The SMILES string of the molecule is CCCNC(=O)CCCC(=O)OCCNc1ncccc1C#N. The van der Waals surface area contributed by atoms with E-state index in [0.717, 1.165) is 6.42 Å². The molecule has 0 aliphatic rings. The first-order chi connectivity index (χ1) is 11.2. The molecule has 0 atom stereocenters. The molecule has 0 spiro atoms. The van der Waals surface area contributed by atoms with Crippen LogP contribution in [0, 0.1) is 11.3 Å². The van der Waals surface area contributed by atoms with E-state index < -0.39 is 0 Å². The highest BCUT2D eigenvalue weighted by atomic mass is 16.5. The van der Waals surface area contributed by atoms with E-state index in [1.54, 1.807) is 18.3 Å². The number of pyridine rings is 1. The van der Waals surface area contributed by atoms with Gasteiger partial charge >= 0.3 is 5.97 Å². The Hall–Kier alpha value is -2.62. The topological polar surface area (TPSA) is 104 Å². The summed E-state index contributed by atoms with van der Waals surface area (Å²) in [5.74, 6) is 0.0933. The van der Waals surface area contributed by atoms with E-state index in [1.807, 2.05) is 13.0 Å². The maximum absolute atomic E-state index is 11.5. The molecule has 0 saturated heterocycles. The summed E-state index contributed by atoms with van der Waals surface area (Å²) >= 11 is 0. The third kappa shape index (κ3) is 7.81. The van der Waals surface area contributed by atoms with Gasteiger partial charge in [0.1, 0.15) is 18.5 Å². The van der Waals surface area contributed by atoms with Gasteiger partial charge in [0.25, 0.3) is 0 Å². The smallest absolute Gasteiger partial charge is 0.305 e. The molecule has 124 valence electrons. The van der Waals surface area contributed by atoms with E-state index in [4.69, 9.17) is 10.00 Å². The number of esters is 1. The summed E-state index contributed by atoms with van der Waals surface area (Å²) in [7, 11) is 0. The summed E-state index contributed by atoms with van der Waals surface area (Å²) < 4.78 is 5.06. The number of amides is 1. The average molecular weight is 318 g/mol. The zero-order valence-electron chi connectivity index (χ0n) is 13.3. The predicted octanol–water partition coefficient (Wildman–Crippen LogP) is 1.60. The fourth-order valence-corrected chi connectivity index (χ4v) is 1.79. The Labute approximate surface area is 136 Å². The number of carbonyl (C=O) groups is 2. The fourth-order valence-electron chi connectivity index (χ4n) is 1.79. The lowest BCUT2D eigenvalue weighted by Crippen LogP contribution is -2.23. The van der Waals surface area contributed by atoms with Crippen LogP contribution in [-0.2, 0) is 14.3 Å². The average Bonchev–Trinajstić information content (AvgIpc) is 2.57. The van der Waals surface area contributed by atoms with Gasteiger partial charge < -0.3 is 15.4 Å². The summed E-state index contributed by atoms with van der Waals surface area (Å²) in [6, 6.07) is 5.37. The van der Waals surface area contributed by atoms with Gasteiger partial charge in [-0.3, -0.25) is 9.59 Å². The summed E-state index contributed by atoms with van der Waals surface area (Å²) in [6.45, 7) is 3.19. The van der Waals surface area contributed by atoms with E-state index in [9.17, 15) is 9.59 Å². The van der Waals surface area contributed by atoms with Crippen molar-refractivity contribution >= 4 is 17.7 Å². The number of aromatic nitrogens is 1. The van der Waals surface area contributed by atoms with Crippen molar-refractivity contribution in [2.45, 2.75) is 32.6 Å². The molecule has 0 radical (unpaired) electrons. The summed E-state index contributed by atoms with van der Waals surface area (Å²) in [6.07, 6.45) is 3.49. The maximum atomic E-state index is 11.5. The molecule has 1 aromatic rings. The van der Waals surface area contributed by atoms with Gasteiger partial charge in [-0.15, -0.1) is 0 Å². The quantitative estimate of drug-likeness (QED) is 0.501. The Morgan fingerprint density at radius 1 is 1.35 bits per heavy atom. The molecular weight excluding hydrogens is 296 g/mol. The number of anilines is 1. The third-order valence-electron chi connectivity index (χ3n) is 2.94. The second-order valence-electron chi connectivity index (χ2n) is 4.86. The molecule has 0 aliphatic heterocycles. The number of hydrogen-bond donors (Lipinski definition) is 2. The van der Waals surface area contributed by atoms with Crippen molar-refractivity contribution in [2.24, 2.45) is 0 Å². The molecule has 1 rings (SSSR count). The van der Waals surface area contributed by atoms with E-state index in [-0.39, 0.29) is 24.9 Å². The summed E-state index contributed by atoms with van der Waals surface area (Å²) in [5, 5.41) is 14.6. The third-order valence-corrected chi connectivity index (χ3v) is 2.94. The van der Waals surface area contributed by atoms with Crippen molar-refractivity contribution in [3.8, 4) is 6.07 Å². The number of rotatable bonds is 10. The Kier molecular flexibility index (Phi) is 8.83. The number of nitriles is 1. The Bertz CT molecular complexity index is 555. The molecule has 0 bridgehead atoms. The van der Waals surface area contributed by atoms with E-state index in [0.29, 0.717) is 37.3 Å². The van der Waals surface area contributed by atoms with Crippen LogP contribution in [0.1, 0.15) is 38.2 Å². The standard InChI is InChI=1S/C16H22N4O3/c1-2-8-18-14(21)6-3-7-15(22)23-11-10-20-16-13(12-17)5-4-9-19-16/h4-5,9H,2-3,6-8,10-11H2,1H3,(H,18,21)(H,19,20). The molecule has 0 fully saturated rings. The van der Waals surface area contributed by atoms with Crippen molar-refractivity contribution in [1.29, 1.82) is 5.26 Å². The minimum atomic E-state index is -0.336. The second-order valence-corrected chi connectivity index (χ2v) is 4.86. The molecular formula is C16H22N4O3. The van der Waals surface area contributed by atoms with Crippen LogP contribution in [0.25, 0.3) is 0 Å². The van der Waals surface area contributed by atoms with Gasteiger partial charge in [-0.25, -0.2) is 4.98 Å². The summed E-state index contributed by atoms with van der Waals surface area (Å²) in [5.41, 5.74) is 0.442. The highest BCUT2D eigenvalue weighted by Crippen LogP contribution is 2.08. The fraction of sp³-hybridized carbons (Fsp3) is 0.500. The monoisotopic (exact) mass is 318 g/mol. The van der Waals surface area contributed by atoms with Crippen LogP contribution < -0.4 is 10.6 Å². The molecule has 0 unspecified atom stereocenters. The van der Waals surface area contributed by atoms with Crippen LogP contribution in [-0.4, -0.2) is 36.6 Å². The van der Waals surface area contributed by atoms with Crippen LogP contribution in [0.2, 0.25) is 0 Å². The van der Waals surface area contributed by atoms with Crippen molar-refractivity contribution in [2.75, 3.05) is 25.0 Å². The molecule has 2 N–H and O–H groups in total. The number of carbonyl (C=O) groups excluding carboxylic acids is 2. The van der Waals surface area contributed by atoms with E-state index in [1.165, 1.54) is 0 Å². The van der Waals surface area contributed by atoms with Crippen LogP contribution in [0.4, 0.5) is 5.82 Å². The van der Waals surface area contributed by atoms with E-state index in [2.05, 4.69) is 15.6 Å². The zero-order valence-corrected chi connectivity index (χ0v) is 13.3. The maximum Gasteiger partial charge on any atom is 0.305 e. The first-order valence-electron chi connectivity index (χ1n) is 7.68. The molecule has 1 amide bonds. The number of nitrogens with one attached hydrogen (secondary N) is 2. The molecule has 23 heavy (non-hydrogen) atoms. The lowest BCUT2D eigenvalue weighted by atomic mass is 10.2. The van der Waals surface area contributed by atoms with Gasteiger partial charge in [-0.1, -0.05) is 6.92 Å². The Morgan fingerprint density at radius 3 is 2.91 bits per heavy atom. The highest BCUT2D eigenvalue weighted by molar-refractivity contribution is 5.76. The van der Waals surface area contributed by atoms with Gasteiger partial charge in [0, 0.05) is 25.6 Å². The van der Waals surface area contributed by atoms with Gasteiger partial charge in [0.05, 0.1) is 12.1 Å². The first kappa shape index (κ1) is 18.4. The van der Waals surface area contributed by atoms with Gasteiger partial charge in [-0.05, 0) is 25.0 Å². The molecule has 7 nitrogen and oxygen atoms in total. The summed E-state index contributed by atoms with van der Waals surface area (Å²) in [4.78, 5) is 26.9. The number of hydrogen-bond acceptors (Lipinski definition) is 6. The second kappa shape index (κ2) is 11.0. The minimum absolute atomic E-state index is 0.0412. The van der Waals surface area contributed by atoms with Gasteiger partial charge in [-0.2, -0.15) is 5.26 Å². The zero-order chi connectivity index (χ0) is 16.9. The number of nitrogens with zero attached hydrogens (tertiary/aromatic N) is 2. The van der Waals surface area contributed by atoms with Crippen LogP contribution >= 0.6 is 0 Å². The largest absolute Gasteiger partial charge is 0.464 e. The predicted molar refractivity (Wildman–Crippen MR) is 85.6 cm³/mol. The minimum Gasteiger partial charge on any atom is -0.464 e. The van der Waals surface area contributed by atoms with Crippen molar-refractivity contribution in [3.63, 3.8) is 0 Å². The van der Waals surface area contributed by atoms with E-state index >= 15 is 0 Å². The Balaban J connectivity index is 2.12. The van der Waals surface area contributed by atoms with Gasteiger partial charge in [0.2, 0.25) is 5.91 Å². The lowest BCUT2D eigenvalue weighted by molar-refractivity contribution is -0.143. The molecule has 1 aromatic heterocycles. The van der Waals surface area contributed by atoms with Crippen LogP contribution in [0.5, 0.6) is 0 Å².